The van der Waals surface area contributed by atoms with Crippen molar-refractivity contribution in [2.45, 2.75) is 32.5 Å². The SMILES string of the molecule is CCO[C@@]1(COCc2ccccc2)C=C[C@@H](OC(C)=O)O1. The number of ether oxygens (including phenoxy) is 4. The molecule has 1 aliphatic rings. The Bertz CT molecular complexity index is 485. The molecule has 1 heterocycles. The van der Waals surface area contributed by atoms with Gasteiger partial charge in [-0.05, 0) is 24.6 Å². The minimum atomic E-state index is -0.996. The molecule has 0 radical (unpaired) electrons. The van der Waals surface area contributed by atoms with Gasteiger partial charge in [-0.15, -0.1) is 0 Å². The van der Waals surface area contributed by atoms with Gasteiger partial charge in [0.15, 0.2) is 0 Å². The van der Waals surface area contributed by atoms with Gasteiger partial charge in [0, 0.05) is 13.5 Å². The molecule has 114 valence electrons. The number of carbonyl (C=O) groups is 1. The van der Waals surface area contributed by atoms with E-state index < -0.39 is 18.0 Å². The second-order valence-corrected chi connectivity index (χ2v) is 4.68. The van der Waals surface area contributed by atoms with Gasteiger partial charge in [0.05, 0.1) is 6.61 Å². The fourth-order valence-corrected chi connectivity index (χ4v) is 2.06. The van der Waals surface area contributed by atoms with Crippen LogP contribution in [0, 0.1) is 0 Å². The van der Waals surface area contributed by atoms with Gasteiger partial charge in [-0.25, -0.2) is 0 Å². The highest BCUT2D eigenvalue weighted by Crippen LogP contribution is 2.26. The Balaban J connectivity index is 1.88. The summed E-state index contributed by atoms with van der Waals surface area (Å²) in [4.78, 5) is 11.0. The normalized spacial score (nSPS) is 24.2. The molecule has 0 aliphatic carbocycles. The molecule has 2 rings (SSSR count). The molecule has 0 unspecified atom stereocenters. The zero-order valence-electron chi connectivity index (χ0n) is 12.3. The van der Waals surface area contributed by atoms with Gasteiger partial charge in [0.2, 0.25) is 12.1 Å². The number of hydrogen-bond donors (Lipinski definition) is 0. The molecule has 21 heavy (non-hydrogen) atoms. The summed E-state index contributed by atoms with van der Waals surface area (Å²) >= 11 is 0. The molecule has 0 saturated carbocycles. The Morgan fingerprint density at radius 2 is 2.10 bits per heavy atom. The fraction of sp³-hybridized carbons (Fsp3) is 0.438. The minimum absolute atomic E-state index is 0.226. The molecule has 0 spiro atoms. The smallest absolute Gasteiger partial charge is 0.305 e. The van der Waals surface area contributed by atoms with Gasteiger partial charge < -0.3 is 18.9 Å². The van der Waals surface area contributed by atoms with E-state index in [1.165, 1.54) is 6.92 Å². The number of hydrogen-bond acceptors (Lipinski definition) is 5. The molecular formula is C16H20O5. The topological polar surface area (TPSA) is 54.0 Å². The Labute approximate surface area is 124 Å². The summed E-state index contributed by atoms with van der Waals surface area (Å²) in [5.74, 6) is -1.40. The summed E-state index contributed by atoms with van der Waals surface area (Å²) in [5, 5.41) is 0. The van der Waals surface area contributed by atoms with Crippen LogP contribution in [0.2, 0.25) is 0 Å². The number of benzene rings is 1. The van der Waals surface area contributed by atoms with Crippen LogP contribution in [0.1, 0.15) is 19.4 Å². The van der Waals surface area contributed by atoms with Crippen molar-refractivity contribution < 1.29 is 23.7 Å². The summed E-state index contributed by atoms with van der Waals surface area (Å²) in [6, 6.07) is 9.85. The highest BCUT2D eigenvalue weighted by Gasteiger charge is 2.38. The highest BCUT2D eigenvalue weighted by molar-refractivity contribution is 5.66. The first-order valence-corrected chi connectivity index (χ1v) is 6.93. The Kier molecular flexibility index (Phi) is 5.50. The van der Waals surface area contributed by atoms with Crippen molar-refractivity contribution in [3.63, 3.8) is 0 Å². The van der Waals surface area contributed by atoms with Crippen LogP contribution in [0.25, 0.3) is 0 Å². The lowest BCUT2D eigenvalue weighted by atomic mass is 10.2. The summed E-state index contributed by atoms with van der Waals surface area (Å²) in [6.45, 7) is 4.36. The van der Waals surface area contributed by atoms with E-state index in [1.807, 2.05) is 37.3 Å². The van der Waals surface area contributed by atoms with E-state index in [-0.39, 0.29) is 6.61 Å². The molecule has 2 atom stereocenters. The summed E-state index contributed by atoms with van der Waals surface area (Å²) < 4.78 is 21.9. The van der Waals surface area contributed by atoms with Crippen LogP contribution in [0.3, 0.4) is 0 Å². The van der Waals surface area contributed by atoms with Crippen molar-refractivity contribution in [3.05, 3.63) is 48.0 Å². The van der Waals surface area contributed by atoms with Crippen molar-refractivity contribution in [1.29, 1.82) is 0 Å². The van der Waals surface area contributed by atoms with Crippen LogP contribution in [0.5, 0.6) is 0 Å². The Morgan fingerprint density at radius 1 is 1.33 bits per heavy atom. The average molecular weight is 292 g/mol. The fourth-order valence-electron chi connectivity index (χ4n) is 2.06. The largest absolute Gasteiger partial charge is 0.432 e. The third-order valence-electron chi connectivity index (χ3n) is 2.91. The van der Waals surface area contributed by atoms with Crippen LogP contribution < -0.4 is 0 Å². The van der Waals surface area contributed by atoms with E-state index in [4.69, 9.17) is 18.9 Å². The van der Waals surface area contributed by atoms with Crippen LogP contribution in [0.4, 0.5) is 0 Å². The second kappa shape index (κ2) is 7.36. The first-order chi connectivity index (χ1) is 10.1. The predicted molar refractivity (Wildman–Crippen MR) is 76.2 cm³/mol. The van der Waals surface area contributed by atoms with Crippen LogP contribution in [0.15, 0.2) is 42.5 Å². The molecular weight excluding hydrogens is 272 g/mol. The minimum Gasteiger partial charge on any atom is -0.432 e. The molecule has 0 fully saturated rings. The van der Waals surface area contributed by atoms with Crippen LogP contribution in [-0.4, -0.2) is 31.3 Å². The predicted octanol–water partition coefficient (Wildman–Crippen LogP) is 2.41. The molecule has 1 aromatic rings. The summed E-state index contributed by atoms with van der Waals surface area (Å²) in [6.07, 6.45) is 2.66. The molecule has 5 heteroatoms. The third-order valence-corrected chi connectivity index (χ3v) is 2.91. The van der Waals surface area contributed by atoms with Crippen molar-refractivity contribution in [1.82, 2.24) is 0 Å². The molecule has 1 aromatic carbocycles. The Hall–Kier alpha value is -1.69. The van der Waals surface area contributed by atoms with Gasteiger partial charge in [-0.2, -0.15) is 0 Å². The third kappa shape index (κ3) is 4.67. The summed E-state index contributed by atoms with van der Waals surface area (Å²) in [5.41, 5.74) is 1.07. The first kappa shape index (κ1) is 15.7. The van der Waals surface area contributed by atoms with E-state index in [1.54, 1.807) is 12.2 Å². The van der Waals surface area contributed by atoms with E-state index in [0.29, 0.717) is 13.2 Å². The van der Waals surface area contributed by atoms with Gasteiger partial charge in [0.1, 0.15) is 6.61 Å². The van der Waals surface area contributed by atoms with Crippen LogP contribution >= 0.6 is 0 Å². The van der Waals surface area contributed by atoms with E-state index in [2.05, 4.69) is 0 Å². The maximum Gasteiger partial charge on any atom is 0.305 e. The van der Waals surface area contributed by atoms with Crippen molar-refractivity contribution in [2.24, 2.45) is 0 Å². The zero-order chi connectivity index (χ0) is 15.1. The number of esters is 1. The lowest BCUT2D eigenvalue weighted by Gasteiger charge is -2.28. The van der Waals surface area contributed by atoms with Gasteiger partial charge in [-0.1, -0.05) is 30.3 Å². The van der Waals surface area contributed by atoms with Crippen molar-refractivity contribution in [2.75, 3.05) is 13.2 Å². The van der Waals surface area contributed by atoms with Crippen LogP contribution in [-0.2, 0) is 30.3 Å². The van der Waals surface area contributed by atoms with Gasteiger partial charge in [-0.3, -0.25) is 4.79 Å². The zero-order valence-corrected chi connectivity index (χ0v) is 12.3. The van der Waals surface area contributed by atoms with E-state index >= 15 is 0 Å². The van der Waals surface area contributed by atoms with E-state index in [9.17, 15) is 4.79 Å². The molecule has 0 aromatic heterocycles. The lowest BCUT2D eigenvalue weighted by Crippen LogP contribution is -2.39. The van der Waals surface area contributed by atoms with E-state index in [0.717, 1.165) is 5.56 Å². The standard InChI is InChI=1S/C16H20O5/c1-3-19-16(10-9-15(21-16)20-13(2)17)12-18-11-14-7-5-4-6-8-14/h4-10,15H,3,11-12H2,1-2H3/t15-,16-/m0/s1. The highest BCUT2D eigenvalue weighted by atomic mass is 16.8. The average Bonchev–Trinajstić information content (AvgIpc) is 2.83. The second-order valence-electron chi connectivity index (χ2n) is 4.68. The molecule has 0 amide bonds. The van der Waals surface area contributed by atoms with Crippen molar-refractivity contribution in [3.8, 4) is 0 Å². The molecule has 0 saturated heterocycles. The molecule has 1 aliphatic heterocycles. The molecule has 5 nitrogen and oxygen atoms in total. The number of carbonyl (C=O) groups excluding carboxylic acids is 1. The summed E-state index contributed by atoms with van der Waals surface area (Å²) in [7, 11) is 0. The maximum atomic E-state index is 11.0. The quantitative estimate of drug-likeness (QED) is 0.570. The Morgan fingerprint density at radius 3 is 2.76 bits per heavy atom. The molecule has 0 N–H and O–H groups in total. The monoisotopic (exact) mass is 292 g/mol. The number of rotatable bonds is 7. The van der Waals surface area contributed by atoms with Crippen molar-refractivity contribution >= 4 is 5.97 Å². The maximum absolute atomic E-state index is 11.0. The first-order valence-electron chi connectivity index (χ1n) is 6.93. The molecule has 0 bridgehead atoms. The van der Waals surface area contributed by atoms with Gasteiger partial charge >= 0.3 is 5.97 Å². The van der Waals surface area contributed by atoms with Gasteiger partial charge in [0.25, 0.3) is 0 Å². The lowest BCUT2D eigenvalue weighted by molar-refractivity contribution is -0.269.